The van der Waals surface area contributed by atoms with Gasteiger partial charge in [0.2, 0.25) is 5.91 Å². The third kappa shape index (κ3) is 3.94. The lowest BCUT2D eigenvalue weighted by Gasteiger charge is -2.34. The van der Waals surface area contributed by atoms with Gasteiger partial charge in [-0.1, -0.05) is 72.8 Å². The number of benzene rings is 3. The highest BCUT2D eigenvalue weighted by molar-refractivity contribution is 5.85. The fourth-order valence-electron chi connectivity index (χ4n) is 3.63. The minimum Gasteiger partial charge on any atom is -0.340 e. The molecule has 0 aromatic heterocycles. The molecule has 4 rings (SSSR count). The molecule has 132 valence electrons. The summed E-state index contributed by atoms with van der Waals surface area (Å²) in [6.45, 7) is 4.49. The molecule has 0 saturated carbocycles. The zero-order valence-corrected chi connectivity index (χ0v) is 15.0. The standard InChI is InChI=1S/C23H24N2O/c26-23(17-20-10-11-21-8-4-5-9-22(21)16-20)25-14-12-24(13-15-25)18-19-6-2-1-3-7-19/h1-11,16H,12-15,17-18H2. The van der Waals surface area contributed by atoms with Gasteiger partial charge in [-0.3, -0.25) is 9.69 Å². The molecule has 0 N–H and O–H groups in total. The number of fused-ring (bicyclic) bond motifs is 1. The first-order valence-corrected chi connectivity index (χ1v) is 9.30. The van der Waals surface area contributed by atoms with Crippen LogP contribution in [0.15, 0.2) is 72.8 Å². The summed E-state index contributed by atoms with van der Waals surface area (Å²) >= 11 is 0. The van der Waals surface area contributed by atoms with E-state index in [9.17, 15) is 4.79 Å². The number of carbonyl (C=O) groups is 1. The van der Waals surface area contributed by atoms with Crippen molar-refractivity contribution in [1.82, 2.24) is 9.80 Å². The lowest BCUT2D eigenvalue weighted by molar-refractivity contribution is -0.132. The quantitative estimate of drug-likeness (QED) is 0.720. The zero-order valence-electron chi connectivity index (χ0n) is 15.0. The molecule has 0 bridgehead atoms. The second kappa shape index (κ2) is 7.71. The van der Waals surface area contributed by atoms with Crippen LogP contribution in [-0.4, -0.2) is 41.9 Å². The minimum atomic E-state index is 0.236. The number of rotatable bonds is 4. The van der Waals surface area contributed by atoms with Gasteiger partial charge in [-0.05, 0) is 21.9 Å². The van der Waals surface area contributed by atoms with Crippen molar-refractivity contribution in [3.05, 3.63) is 83.9 Å². The van der Waals surface area contributed by atoms with Crippen LogP contribution in [0.3, 0.4) is 0 Å². The molecule has 3 nitrogen and oxygen atoms in total. The first-order chi connectivity index (χ1) is 12.8. The largest absolute Gasteiger partial charge is 0.340 e. The molecule has 0 atom stereocenters. The summed E-state index contributed by atoms with van der Waals surface area (Å²) in [7, 11) is 0. The summed E-state index contributed by atoms with van der Waals surface area (Å²) in [6.07, 6.45) is 0.490. The molecule has 26 heavy (non-hydrogen) atoms. The minimum absolute atomic E-state index is 0.236. The fourth-order valence-corrected chi connectivity index (χ4v) is 3.63. The van der Waals surface area contributed by atoms with Gasteiger partial charge in [-0.25, -0.2) is 0 Å². The lowest BCUT2D eigenvalue weighted by Crippen LogP contribution is -2.48. The van der Waals surface area contributed by atoms with E-state index >= 15 is 0 Å². The monoisotopic (exact) mass is 344 g/mol. The van der Waals surface area contributed by atoms with Crippen molar-refractivity contribution in [3.63, 3.8) is 0 Å². The smallest absolute Gasteiger partial charge is 0.227 e. The van der Waals surface area contributed by atoms with E-state index in [-0.39, 0.29) is 5.91 Å². The highest BCUT2D eigenvalue weighted by Gasteiger charge is 2.21. The number of carbonyl (C=O) groups excluding carboxylic acids is 1. The predicted octanol–water partition coefficient (Wildman–Crippen LogP) is 3.73. The van der Waals surface area contributed by atoms with Crippen LogP contribution >= 0.6 is 0 Å². The Morgan fingerprint density at radius 2 is 1.42 bits per heavy atom. The maximum absolute atomic E-state index is 12.7. The molecule has 1 aliphatic rings. The average Bonchev–Trinajstić information content (AvgIpc) is 2.69. The molecule has 1 aliphatic heterocycles. The predicted molar refractivity (Wildman–Crippen MR) is 106 cm³/mol. The van der Waals surface area contributed by atoms with Crippen molar-refractivity contribution in [2.45, 2.75) is 13.0 Å². The van der Waals surface area contributed by atoms with Crippen LogP contribution in [0, 0.1) is 0 Å². The summed E-state index contributed by atoms with van der Waals surface area (Å²) in [6, 6.07) is 25.2. The Morgan fingerprint density at radius 1 is 0.731 bits per heavy atom. The van der Waals surface area contributed by atoms with Crippen LogP contribution in [0.2, 0.25) is 0 Å². The van der Waals surface area contributed by atoms with E-state index in [0.717, 1.165) is 38.3 Å². The van der Waals surface area contributed by atoms with Gasteiger partial charge in [-0.15, -0.1) is 0 Å². The summed E-state index contributed by atoms with van der Waals surface area (Å²) < 4.78 is 0. The number of hydrogen-bond donors (Lipinski definition) is 0. The fraction of sp³-hybridized carbons (Fsp3) is 0.261. The molecule has 1 heterocycles. The van der Waals surface area contributed by atoms with Gasteiger partial charge < -0.3 is 4.90 Å². The second-order valence-corrected chi connectivity index (χ2v) is 7.00. The topological polar surface area (TPSA) is 23.6 Å². The molecule has 3 aromatic carbocycles. The maximum Gasteiger partial charge on any atom is 0.227 e. The molecule has 0 radical (unpaired) electrons. The van der Waals surface area contributed by atoms with Gasteiger partial charge >= 0.3 is 0 Å². The normalized spacial score (nSPS) is 15.3. The molecule has 3 heteroatoms. The van der Waals surface area contributed by atoms with E-state index < -0.39 is 0 Å². The van der Waals surface area contributed by atoms with E-state index in [1.807, 2.05) is 23.1 Å². The Hall–Kier alpha value is -2.65. The first kappa shape index (κ1) is 16.8. The van der Waals surface area contributed by atoms with Gasteiger partial charge in [-0.2, -0.15) is 0 Å². The first-order valence-electron chi connectivity index (χ1n) is 9.30. The van der Waals surface area contributed by atoms with Crippen molar-refractivity contribution in [2.75, 3.05) is 26.2 Å². The van der Waals surface area contributed by atoms with Crippen LogP contribution < -0.4 is 0 Å². The maximum atomic E-state index is 12.7. The molecule has 1 saturated heterocycles. The number of nitrogens with zero attached hydrogens (tertiary/aromatic N) is 2. The number of hydrogen-bond acceptors (Lipinski definition) is 2. The molecular formula is C23H24N2O. The van der Waals surface area contributed by atoms with E-state index in [1.54, 1.807) is 0 Å². The molecule has 0 unspecified atom stereocenters. The van der Waals surface area contributed by atoms with Crippen LogP contribution in [0.5, 0.6) is 0 Å². The van der Waals surface area contributed by atoms with Gasteiger partial charge in [0.1, 0.15) is 0 Å². The molecule has 3 aromatic rings. The van der Waals surface area contributed by atoms with Crippen LogP contribution in [-0.2, 0) is 17.8 Å². The Kier molecular flexibility index (Phi) is 4.98. The van der Waals surface area contributed by atoms with Crippen molar-refractivity contribution < 1.29 is 4.79 Å². The molecule has 1 fully saturated rings. The highest BCUT2D eigenvalue weighted by atomic mass is 16.2. The lowest BCUT2D eigenvalue weighted by atomic mass is 10.0. The van der Waals surface area contributed by atoms with Crippen LogP contribution in [0.4, 0.5) is 0 Å². The van der Waals surface area contributed by atoms with Crippen molar-refractivity contribution in [2.24, 2.45) is 0 Å². The summed E-state index contributed by atoms with van der Waals surface area (Å²) in [5.74, 6) is 0.236. The summed E-state index contributed by atoms with van der Waals surface area (Å²) in [5, 5.41) is 2.42. The molecule has 1 amide bonds. The SMILES string of the molecule is O=C(Cc1ccc2ccccc2c1)N1CCN(Cc2ccccc2)CC1. The molecular weight excluding hydrogens is 320 g/mol. The Morgan fingerprint density at radius 3 is 2.19 bits per heavy atom. The summed E-state index contributed by atoms with van der Waals surface area (Å²) in [4.78, 5) is 17.1. The molecule has 0 aliphatic carbocycles. The average molecular weight is 344 g/mol. The van der Waals surface area contributed by atoms with Crippen molar-refractivity contribution in [3.8, 4) is 0 Å². The van der Waals surface area contributed by atoms with Crippen LogP contribution in [0.1, 0.15) is 11.1 Å². The van der Waals surface area contributed by atoms with Gasteiger partial charge in [0.15, 0.2) is 0 Å². The van der Waals surface area contributed by atoms with Gasteiger partial charge in [0.25, 0.3) is 0 Å². The zero-order chi connectivity index (χ0) is 17.8. The van der Waals surface area contributed by atoms with Gasteiger partial charge in [0, 0.05) is 32.7 Å². The summed E-state index contributed by atoms with van der Waals surface area (Å²) in [5.41, 5.74) is 2.43. The second-order valence-electron chi connectivity index (χ2n) is 7.00. The number of piperazine rings is 1. The van der Waals surface area contributed by atoms with E-state index in [4.69, 9.17) is 0 Å². The third-order valence-electron chi connectivity index (χ3n) is 5.14. The van der Waals surface area contributed by atoms with Gasteiger partial charge in [0.05, 0.1) is 6.42 Å². The highest BCUT2D eigenvalue weighted by Crippen LogP contribution is 2.17. The van der Waals surface area contributed by atoms with E-state index in [1.165, 1.54) is 16.3 Å². The Labute approximate surface area is 154 Å². The van der Waals surface area contributed by atoms with Crippen molar-refractivity contribution >= 4 is 16.7 Å². The Balaban J connectivity index is 1.33. The third-order valence-corrected chi connectivity index (χ3v) is 5.14. The van der Waals surface area contributed by atoms with Crippen molar-refractivity contribution in [1.29, 1.82) is 0 Å². The number of amides is 1. The molecule has 0 spiro atoms. The van der Waals surface area contributed by atoms with E-state index in [2.05, 4.69) is 59.5 Å². The van der Waals surface area contributed by atoms with E-state index in [0.29, 0.717) is 6.42 Å². The Bertz CT molecular complexity index is 883. The van der Waals surface area contributed by atoms with Crippen LogP contribution in [0.25, 0.3) is 10.8 Å².